The molecule has 0 radical (unpaired) electrons. The van der Waals surface area contributed by atoms with Crippen LogP contribution in [0.5, 0.6) is 0 Å². The number of nitrogens with one attached hydrogen (secondary N) is 1. The van der Waals surface area contributed by atoms with Crippen molar-refractivity contribution in [1.82, 2.24) is 9.21 Å². The first-order valence-electron chi connectivity index (χ1n) is 10.8. The third-order valence-corrected chi connectivity index (χ3v) is 8.10. The maximum Gasteiger partial charge on any atom is 0.243 e. The molecule has 2 amide bonds. The predicted molar refractivity (Wildman–Crippen MR) is 123 cm³/mol. The van der Waals surface area contributed by atoms with Gasteiger partial charge in [0.05, 0.1) is 10.8 Å². The van der Waals surface area contributed by atoms with Crippen LogP contribution in [0, 0.1) is 18.7 Å². The van der Waals surface area contributed by atoms with Crippen molar-refractivity contribution in [1.29, 1.82) is 0 Å². The van der Waals surface area contributed by atoms with Crippen molar-refractivity contribution in [2.24, 2.45) is 5.92 Å². The molecule has 4 rings (SSSR count). The third-order valence-electron chi connectivity index (χ3n) is 6.18. The van der Waals surface area contributed by atoms with E-state index in [9.17, 15) is 22.4 Å². The van der Waals surface area contributed by atoms with Crippen LogP contribution in [0.15, 0.2) is 47.4 Å². The first kappa shape index (κ1) is 23.3. The Hall–Kier alpha value is -2.82. The Kier molecular flexibility index (Phi) is 6.51. The minimum absolute atomic E-state index is 0.0250. The number of hydrogen-bond donors (Lipinski definition) is 1. The molecule has 10 heteroatoms. The summed E-state index contributed by atoms with van der Waals surface area (Å²) in [4.78, 5) is 28.8. The van der Waals surface area contributed by atoms with E-state index in [-0.39, 0.29) is 29.7 Å². The molecule has 0 aliphatic carbocycles. The average Bonchev–Trinajstić information content (AvgIpc) is 3.18. The van der Waals surface area contributed by atoms with E-state index in [1.807, 2.05) is 7.05 Å². The third kappa shape index (κ3) is 4.92. The van der Waals surface area contributed by atoms with Gasteiger partial charge in [0.15, 0.2) is 0 Å². The number of aryl methyl sites for hydroxylation is 1. The van der Waals surface area contributed by atoms with Gasteiger partial charge in [-0.2, -0.15) is 4.31 Å². The zero-order valence-electron chi connectivity index (χ0n) is 18.6. The van der Waals surface area contributed by atoms with Gasteiger partial charge in [-0.15, -0.1) is 0 Å². The minimum atomic E-state index is -3.59. The number of carbonyl (C=O) groups is 2. The van der Waals surface area contributed by atoms with Crippen LogP contribution in [-0.2, 0) is 19.6 Å². The lowest BCUT2D eigenvalue weighted by Crippen LogP contribution is -2.46. The molecule has 2 aliphatic heterocycles. The predicted octanol–water partition coefficient (Wildman–Crippen LogP) is 2.06. The van der Waals surface area contributed by atoms with Crippen LogP contribution >= 0.6 is 0 Å². The maximum atomic E-state index is 13.9. The number of rotatable bonds is 5. The highest BCUT2D eigenvalue weighted by Gasteiger charge is 2.35. The zero-order valence-corrected chi connectivity index (χ0v) is 19.4. The summed E-state index contributed by atoms with van der Waals surface area (Å²) in [6.45, 7) is 4.04. The van der Waals surface area contributed by atoms with Crippen LogP contribution < -0.4 is 10.2 Å². The number of anilines is 2. The molecule has 2 fully saturated rings. The van der Waals surface area contributed by atoms with Crippen LogP contribution in [0.2, 0.25) is 0 Å². The van der Waals surface area contributed by atoms with E-state index in [0.717, 1.165) is 0 Å². The number of piperazine rings is 1. The molecular formula is C23H27FN4O4S. The number of nitrogens with zero attached hydrogens (tertiary/aromatic N) is 3. The molecule has 2 saturated heterocycles. The molecule has 33 heavy (non-hydrogen) atoms. The molecule has 0 saturated carbocycles. The fraction of sp³-hybridized carbons (Fsp3) is 0.391. The van der Waals surface area contributed by atoms with Crippen LogP contribution in [0.25, 0.3) is 0 Å². The minimum Gasteiger partial charge on any atom is -0.326 e. The van der Waals surface area contributed by atoms with Crippen molar-refractivity contribution in [2.75, 3.05) is 50.0 Å². The highest BCUT2D eigenvalue weighted by Crippen LogP contribution is 2.28. The van der Waals surface area contributed by atoms with Gasteiger partial charge in [0.2, 0.25) is 21.8 Å². The second kappa shape index (κ2) is 9.20. The van der Waals surface area contributed by atoms with Crippen molar-refractivity contribution in [2.45, 2.75) is 18.2 Å². The normalized spacial score (nSPS) is 20.3. The molecular weight excluding hydrogens is 447 g/mol. The Bertz CT molecular complexity index is 1160. The Morgan fingerprint density at radius 3 is 2.36 bits per heavy atom. The van der Waals surface area contributed by atoms with Gasteiger partial charge in [-0.1, -0.05) is 6.07 Å². The number of likely N-dealkylation sites (N-methyl/N-ethyl adjacent to an activating group) is 1. The summed E-state index contributed by atoms with van der Waals surface area (Å²) in [6, 6.07) is 10.6. The smallest absolute Gasteiger partial charge is 0.243 e. The van der Waals surface area contributed by atoms with E-state index in [2.05, 4.69) is 10.2 Å². The highest BCUT2D eigenvalue weighted by atomic mass is 32.2. The second-order valence-electron chi connectivity index (χ2n) is 8.56. The Labute approximate surface area is 193 Å². The molecule has 8 nitrogen and oxygen atoms in total. The summed E-state index contributed by atoms with van der Waals surface area (Å²) in [5, 5.41) is 2.75. The average molecular weight is 475 g/mol. The number of sulfonamides is 1. The van der Waals surface area contributed by atoms with Crippen LogP contribution in [0.3, 0.4) is 0 Å². The summed E-state index contributed by atoms with van der Waals surface area (Å²) >= 11 is 0. The summed E-state index contributed by atoms with van der Waals surface area (Å²) in [6.07, 6.45) is 0.0250. The van der Waals surface area contributed by atoms with Gasteiger partial charge in [-0.05, 0) is 55.9 Å². The van der Waals surface area contributed by atoms with Gasteiger partial charge in [0.1, 0.15) is 5.82 Å². The van der Waals surface area contributed by atoms with Gasteiger partial charge in [-0.3, -0.25) is 9.59 Å². The van der Waals surface area contributed by atoms with E-state index in [1.165, 1.54) is 27.4 Å². The first-order chi connectivity index (χ1) is 15.6. The molecule has 2 heterocycles. The van der Waals surface area contributed by atoms with Crippen molar-refractivity contribution in [3.63, 3.8) is 0 Å². The Morgan fingerprint density at radius 2 is 1.73 bits per heavy atom. The van der Waals surface area contributed by atoms with E-state index < -0.39 is 21.8 Å². The fourth-order valence-electron chi connectivity index (χ4n) is 4.01. The molecule has 2 aromatic rings. The van der Waals surface area contributed by atoms with E-state index in [0.29, 0.717) is 43.1 Å². The lowest BCUT2D eigenvalue weighted by Gasteiger charge is -2.31. The van der Waals surface area contributed by atoms with E-state index >= 15 is 0 Å². The maximum absolute atomic E-state index is 13.9. The summed E-state index contributed by atoms with van der Waals surface area (Å²) in [5.41, 5.74) is 1.36. The number of carbonyl (C=O) groups excluding carboxylic acids is 2. The fourth-order valence-corrected chi connectivity index (χ4v) is 5.44. The van der Waals surface area contributed by atoms with E-state index in [4.69, 9.17) is 0 Å². The largest absolute Gasteiger partial charge is 0.326 e. The summed E-state index contributed by atoms with van der Waals surface area (Å²) < 4.78 is 41.0. The Balaban J connectivity index is 1.40. The summed E-state index contributed by atoms with van der Waals surface area (Å²) in [7, 11) is -1.63. The monoisotopic (exact) mass is 474 g/mol. The molecule has 0 bridgehead atoms. The molecule has 0 aromatic heterocycles. The molecule has 176 valence electrons. The molecule has 1 atom stereocenters. The first-order valence-corrected chi connectivity index (χ1v) is 12.3. The van der Waals surface area contributed by atoms with Crippen LogP contribution in [0.1, 0.15) is 12.0 Å². The van der Waals surface area contributed by atoms with Crippen LogP contribution in [0.4, 0.5) is 15.8 Å². The topological polar surface area (TPSA) is 90.0 Å². The number of amides is 2. The number of hydrogen-bond acceptors (Lipinski definition) is 5. The SMILES string of the molecule is Cc1ccc(N2CC(C(=O)Nc3ccc(S(=O)(=O)N4CCN(C)CC4)cc3)CC2=O)cc1F. The summed E-state index contributed by atoms with van der Waals surface area (Å²) in [5.74, 6) is -1.57. The van der Waals surface area contributed by atoms with E-state index in [1.54, 1.807) is 31.2 Å². The van der Waals surface area contributed by atoms with Gasteiger partial charge in [0, 0.05) is 50.5 Å². The van der Waals surface area contributed by atoms with Crippen LogP contribution in [-0.4, -0.2) is 69.2 Å². The van der Waals surface area contributed by atoms with Crippen molar-refractivity contribution < 1.29 is 22.4 Å². The van der Waals surface area contributed by atoms with Gasteiger partial charge >= 0.3 is 0 Å². The zero-order chi connectivity index (χ0) is 23.8. The van der Waals surface area contributed by atoms with Crippen molar-refractivity contribution in [3.05, 3.63) is 53.8 Å². The van der Waals surface area contributed by atoms with Gasteiger partial charge in [0.25, 0.3) is 0 Å². The Morgan fingerprint density at radius 1 is 1.06 bits per heavy atom. The molecule has 2 aromatic carbocycles. The molecule has 0 spiro atoms. The van der Waals surface area contributed by atoms with Crippen molar-refractivity contribution in [3.8, 4) is 0 Å². The van der Waals surface area contributed by atoms with Gasteiger partial charge in [-0.25, -0.2) is 12.8 Å². The number of halogens is 1. The lowest BCUT2D eigenvalue weighted by molar-refractivity contribution is -0.122. The van der Waals surface area contributed by atoms with Crippen molar-refractivity contribution >= 4 is 33.2 Å². The quantitative estimate of drug-likeness (QED) is 0.717. The van der Waals surface area contributed by atoms with Gasteiger partial charge < -0.3 is 15.1 Å². The number of benzene rings is 2. The standard InChI is InChI=1S/C23H27FN4O4S/c1-16-3-6-19(14-21(16)24)28-15-17(13-22(28)29)23(30)25-18-4-7-20(8-5-18)33(31,32)27-11-9-26(2)10-12-27/h3-8,14,17H,9-13,15H2,1-2H3,(H,25,30). The lowest BCUT2D eigenvalue weighted by atomic mass is 10.1. The molecule has 1 unspecified atom stereocenters. The molecule has 2 aliphatic rings. The second-order valence-corrected chi connectivity index (χ2v) is 10.5. The molecule has 1 N–H and O–H groups in total. The highest BCUT2D eigenvalue weighted by molar-refractivity contribution is 7.89.